The first-order valence-corrected chi connectivity index (χ1v) is 10.5. The number of nitrogens with one attached hydrogen (secondary N) is 1. The summed E-state index contributed by atoms with van der Waals surface area (Å²) in [5.41, 5.74) is 2.65. The number of nitrogens with zero attached hydrogens (tertiary/aromatic N) is 1. The fourth-order valence-corrected chi connectivity index (χ4v) is 3.58. The van der Waals surface area contributed by atoms with Gasteiger partial charge in [0.15, 0.2) is 0 Å². The first-order chi connectivity index (χ1) is 12.3. The summed E-state index contributed by atoms with van der Waals surface area (Å²) in [5.74, 6) is -0.308. The van der Waals surface area contributed by atoms with Crippen molar-refractivity contribution in [3.8, 4) is 0 Å². The second-order valence-electron chi connectivity index (χ2n) is 6.60. The largest absolute Gasteiger partial charge is 0.352 e. The number of hydrogen-bond donors (Lipinski definition) is 1. The third-order valence-corrected chi connectivity index (χ3v) is 5.23. The number of anilines is 1. The number of amides is 1. The molecular formula is C20H26N2O3S. The molecule has 2 aromatic carbocycles. The molecule has 0 aromatic heterocycles. The summed E-state index contributed by atoms with van der Waals surface area (Å²) in [5, 5.41) is 2.89. The number of sulfonamides is 1. The molecule has 0 radical (unpaired) electrons. The molecule has 0 fully saturated rings. The Morgan fingerprint density at radius 3 is 2.42 bits per heavy atom. The quantitative estimate of drug-likeness (QED) is 0.773. The maximum absolute atomic E-state index is 12.4. The van der Waals surface area contributed by atoms with E-state index in [2.05, 4.69) is 17.4 Å². The van der Waals surface area contributed by atoms with Crippen molar-refractivity contribution in [2.75, 3.05) is 17.1 Å². The van der Waals surface area contributed by atoms with Gasteiger partial charge in [-0.1, -0.05) is 42.5 Å². The molecule has 0 bridgehead atoms. The van der Waals surface area contributed by atoms with Gasteiger partial charge >= 0.3 is 0 Å². The molecule has 2 rings (SSSR count). The number of hydrogen-bond acceptors (Lipinski definition) is 3. The lowest BCUT2D eigenvalue weighted by Gasteiger charge is -2.23. The van der Waals surface area contributed by atoms with Gasteiger partial charge in [-0.2, -0.15) is 0 Å². The van der Waals surface area contributed by atoms with Gasteiger partial charge in [-0.05, 0) is 49.9 Å². The number of carbonyl (C=O) groups excluding carboxylic acids is 1. The smallest absolute Gasteiger partial charge is 0.240 e. The van der Waals surface area contributed by atoms with E-state index in [-0.39, 0.29) is 18.5 Å². The fourth-order valence-electron chi connectivity index (χ4n) is 2.73. The van der Waals surface area contributed by atoms with Crippen LogP contribution in [0.1, 0.15) is 24.5 Å². The summed E-state index contributed by atoms with van der Waals surface area (Å²) in [7, 11) is -3.55. The van der Waals surface area contributed by atoms with Crippen molar-refractivity contribution in [2.24, 2.45) is 0 Å². The van der Waals surface area contributed by atoms with Crippen LogP contribution in [0.5, 0.6) is 0 Å². The Balaban J connectivity index is 1.96. The first-order valence-electron chi connectivity index (χ1n) is 8.63. The average Bonchev–Trinajstić information content (AvgIpc) is 2.58. The van der Waals surface area contributed by atoms with Crippen molar-refractivity contribution in [2.45, 2.75) is 32.7 Å². The van der Waals surface area contributed by atoms with E-state index in [1.165, 1.54) is 5.56 Å². The number of rotatable bonds is 8. The molecule has 0 heterocycles. The van der Waals surface area contributed by atoms with E-state index in [1.54, 1.807) is 18.2 Å². The van der Waals surface area contributed by atoms with Crippen molar-refractivity contribution in [1.29, 1.82) is 0 Å². The van der Waals surface area contributed by atoms with Crippen LogP contribution in [0.2, 0.25) is 0 Å². The van der Waals surface area contributed by atoms with Gasteiger partial charge in [0.2, 0.25) is 15.9 Å². The van der Waals surface area contributed by atoms with E-state index in [0.717, 1.165) is 29.0 Å². The zero-order chi connectivity index (χ0) is 19.2. The van der Waals surface area contributed by atoms with Crippen LogP contribution in [0.3, 0.4) is 0 Å². The zero-order valence-electron chi connectivity index (χ0n) is 15.5. The Morgan fingerprint density at radius 1 is 1.12 bits per heavy atom. The van der Waals surface area contributed by atoms with E-state index < -0.39 is 10.0 Å². The van der Waals surface area contributed by atoms with Gasteiger partial charge in [-0.15, -0.1) is 0 Å². The second-order valence-corrected chi connectivity index (χ2v) is 8.51. The van der Waals surface area contributed by atoms with Gasteiger partial charge in [0.1, 0.15) is 6.54 Å². The van der Waals surface area contributed by atoms with Crippen molar-refractivity contribution in [3.05, 3.63) is 65.7 Å². The van der Waals surface area contributed by atoms with E-state index in [9.17, 15) is 13.2 Å². The maximum Gasteiger partial charge on any atom is 0.240 e. The summed E-state index contributed by atoms with van der Waals surface area (Å²) >= 11 is 0. The Morgan fingerprint density at radius 2 is 1.81 bits per heavy atom. The Kier molecular flexibility index (Phi) is 6.80. The summed E-state index contributed by atoms with van der Waals surface area (Å²) in [6, 6.07) is 17.1. The normalized spacial score (nSPS) is 12.4. The number of carbonyl (C=O) groups is 1. The molecule has 1 atom stereocenters. The van der Waals surface area contributed by atoms with Gasteiger partial charge in [0.05, 0.1) is 11.9 Å². The van der Waals surface area contributed by atoms with Crippen LogP contribution in [0.15, 0.2) is 54.6 Å². The maximum atomic E-state index is 12.4. The monoisotopic (exact) mass is 374 g/mol. The van der Waals surface area contributed by atoms with Crippen LogP contribution in [0.25, 0.3) is 0 Å². The predicted octanol–water partition coefficient (Wildman–Crippen LogP) is 2.90. The molecule has 1 amide bonds. The van der Waals surface area contributed by atoms with E-state index >= 15 is 0 Å². The molecule has 6 heteroatoms. The molecule has 0 aliphatic rings. The highest BCUT2D eigenvalue weighted by atomic mass is 32.2. The van der Waals surface area contributed by atoms with Gasteiger partial charge in [0.25, 0.3) is 0 Å². The molecule has 1 N–H and O–H groups in total. The number of aryl methyl sites for hydroxylation is 2. The van der Waals surface area contributed by atoms with Gasteiger partial charge < -0.3 is 5.32 Å². The molecule has 0 aliphatic carbocycles. The molecule has 5 nitrogen and oxygen atoms in total. The molecule has 0 saturated heterocycles. The van der Waals surface area contributed by atoms with Gasteiger partial charge in [-0.3, -0.25) is 9.10 Å². The topological polar surface area (TPSA) is 66.5 Å². The van der Waals surface area contributed by atoms with Crippen molar-refractivity contribution >= 4 is 21.6 Å². The SMILES string of the molecule is Cc1cccc(N(CC(=O)N[C@H](C)CCc2ccccc2)S(C)(=O)=O)c1. The van der Waals surface area contributed by atoms with Crippen LogP contribution in [0, 0.1) is 6.92 Å². The number of benzene rings is 2. The lowest BCUT2D eigenvalue weighted by molar-refractivity contribution is -0.120. The summed E-state index contributed by atoms with van der Waals surface area (Å²) in [4.78, 5) is 12.4. The molecule has 0 saturated carbocycles. The Bertz CT molecular complexity index is 835. The summed E-state index contributed by atoms with van der Waals surface area (Å²) in [6.45, 7) is 3.59. The highest BCUT2D eigenvalue weighted by Gasteiger charge is 2.21. The van der Waals surface area contributed by atoms with Crippen LogP contribution in [-0.2, 0) is 21.2 Å². The molecule has 140 valence electrons. The minimum atomic E-state index is -3.55. The zero-order valence-corrected chi connectivity index (χ0v) is 16.3. The third kappa shape index (κ3) is 6.19. The minimum Gasteiger partial charge on any atom is -0.352 e. The Hall–Kier alpha value is -2.34. The van der Waals surface area contributed by atoms with Crippen LogP contribution >= 0.6 is 0 Å². The summed E-state index contributed by atoms with van der Waals surface area (Å²) in [6.07, 6.45) is 2.76. The highest BCUT2D eigenvalue weighted by molar-refractivity contribution is 7.92. The molecule has 26 heavy (non-hydrogen) atoms. The summed E-state index contributed by atoms with van der Waals surface area (Å²) < 4.78 is 25.4. The van der Waals surface area contributed by atoms with Gasteiger partial charge in [0, 0.05) is 6.04 Å². The minimum absolute atomic E-state index is 0.0402. The molecule has 2 aromatic rings. The van der Waals surface area contributed by atoms with Crippen LogP contribution in [0.4, 0.5) is 5.69 Å². The van der Waals surface area contributed by atoms with E-state index in [1.807, 2.05) is 38.1 Å². The van der Waals surface area contributed by atoms with E-state index in [0.29, 0.717) is 5.69 Å². The second kappa shape index (κ2) is 8.85. The van der Waals surface area contributed by atoms with Crippen molar-refractivity contribution in [1.82, 2.24) is 5.32 Å². The average molecular weight is 375 g/mol. The van der Waals surface area contributed by atoms with Crippen LogP contribution in [-0.4, -0.2) is 33.2 Å². The third-order valence-electron chi connectivity index (χ3n) is 4.09. The molecule has 0 spiro atoms. The molecular weight excluding hydrogens is 348 g/mol. The first kappa shape index (κ1) is 20.0. The fraction of sp³-hybridized carbons (Fsp3) is 0.350. The lowest BCUT2D eigenvalue weighted by atomic mass is 10.1. The van der Waals surface area contributed by atoms with Crippen molar-refractivity contribution < 1.29 is 13.2 Å². The van der Waals surface area contributed by atoms with Crippen molar-refractivity contribution in [3.63, 3.8) is 0 Å². The highest BCUT2D eigenvalue weighted by Crippen LogP contribution is 2.18. The molecule has 0 unspecified atom stereocenters. The standard InChI is InChI=1S/C20H26N2O3S/c1-16-8-7-11-19(14-16)22(26(3,24)25)15-20(23)21-17(2)12-13-18-9-5-4-6-10-18/h4-11,14,17H,12-13,15H2,1-3H3,(H,21,23)/t17-/m1/s1. The predicted molar refractivity (Wildman–Crippen MR) is 106 cm³/mol. The van der Waals surface area contributed by atoms with E-state index in [4.69, 9.17) is 0 Å². The van der Waals surface area contributed by atoms with Gasteiger partial charge in [-0.25, -0.2) is 8.42 Å². The van der Waals surface area contributed by atoms with Crippen LogP contribution < -0.4 is 9.62 Å². The Labute approximate surface area is 156 Å². The lowest BCUT2D eigenvalue weighted by Crippen LogP contribution is -2.43. The molecule has 0 aliphatic heterocycles.